The fourth-order valence-corrected chi connectivity index (χ4v) is 3.67. The van der Waals surface area contributed by atoms with Crippen molar-refractivity contribution in [3.8, 4) is 0 Å². The van der Waals surface area contributed by atoms with E-state index in [1.54, 1.807) is 6.20 Å². The number of nitrogens with one attached hydrogen (secondary N) is 1. The van der Waals surface area contributed by atoms with E-state index in [0.717, 1.165) is 51.5 Å². The Bertz CT molecular complexity index is 1100. The number of amidine groups is 1. The molecule has 0 bridgehead atoms. The molecule has 7 heteroatoms. The predicted octanol–water partition coefficient (Wildman–Crippen LogP) is 3.28. The zero-order chi connectivity index (χ0) is 18.4. The quantitative estimate of drug-likeness (QED) is 0.778. The minimum atomic E-state index is 0.0562. The van der Waals surface area contributed by atoms with Gasteiger partial charge in [0, 0.05) is 29.3 Å². The molecular formula is C20H20N6O. The number of nitrogens with zero attached hydrogens (tertiary/aromatic N) is 5. The van der Waals surface area contributed by atoms with Crippen LogP contribution < -0.4 is 5.32 Å². The lowest BCUT2D eigenvalue weighted by molar-refractivity contribution is 0.0707. The number of pyridine rings is 1. The minimum absolute atomic E-state index is 0.0562. The lowest BCUT2D eigenvalue weighted by atomic mass is 10.1. The van der Waals surface area contributed by atoms with Crippen molar-refractivity contribution in [2.75, 3.05) is 5.32 Å². The number of aryl methyl sites for hydroxylation is 1. The smallest absolute Gasteiger partial charge is 0.152 e. The van der Waals surface area contributed by atoms with Gasteiger partial charge in [0.1, 0.15) is 5.69 Å². The Balaban J connectivity index is 1.41. The minimum Gasteiger partial charge on any atom is -0.390 e. The summed E-state index contributed by atoms with van der Waals surface area (Å²) < 4.78 is 2.01. The van der Waals surface area contributed by atoms with Gasteiger partial charge in [-0.2, -0.15) is 5.10 Å². The molecule has 0 fully saturated rings. The summed E-state index contributed by atoms with van der Waals surface area (Å²) in [4.78, 5) is 14.5. The van der Waals surface area contributed by atoms with Crippen molar-refractivity contribution in [3.63, 3.8) is 0 Å². The van der Waals surface area contributed by atoms with Crippen LogP contribution in [0.2, 0.25) is 0 Å². The largest absolute Gasteiger partial charge is 0.390 e. The summed E-state index contributed by atoms with van der Waals surface area (Å²) in [6.07, 6.45) is 2.71. The maximum Gasteiger partial charge on any atom is 0.152 e. The van der Waals surface area contributed by atoms with Gasteiger partial charge in [0.2, 0.25) is 0 Å². The highest BCUT2D eigenvalue weighted by Crippen LogP contribution is 2.25. The zero-order valence-electron chi connectivity index (χ0n) is 15.3. The van der Waals surface area contributed by atoms with E-state index in [2.05, 4.69) is 44.7 Å². The number of rotatable bonds is 3. The first-order valence-corrected chi connectivity index (χ1v) is 9.09. The SMILES string of the molecule is CC1=NOC(Cn2nc(C)c3cc(NC4=NCc5cccnc54)ccc32)C1. The van der Waals surface area contributed by atoms with E-state index in [4.69, 9.17) is 9.94 Å². The molecule has 1 aromatic carbocycles. The van der Waals surface area contributed by atoms with Gasteiger partial charge in [0.15, 0.2) is 11.9 Å². The Labute approximate surface area is 156 Å². The number of aliphatic imine (C=N–C) groups is 1. The first-order valence-electron chi connectivity index (χ1n) is 9.09. The molecule has 4 heterocycles. The third kappa shape index (κ3) is 2.85. The second-order valence-corrected chi connectivity index (χ2v) is 7.06. The normalized spacial score (nSPS) is 18.2. The number of hydrogen-bond donors (Lipinski definition) is 1. The lowest BCUT2D eigenvalue weighted by Gasteiger charge is -2.10. The average molecular weight is 360 g/mol. The number of anilines is 1. The van der Waals surface area contributed by atoms with Gasteiger partial charge in [-0.1, -0.05) is 11.2 Å². The van der Waals surface area contributed by atoms with Gasteiger partial charge in [-0.25, -0.2) is 0 Å². The molecule has 5 rings (SSSR count). The molecular weight excluding hydrogens is 340 g/mol. The van der Waals surface area contributed by atoms with Crippen LogP contribution in [0, 0.1) is 6.92 Å². The Morgan fingerprint density at radius 2 is 2.19 bits per heavy atom. The summed E-state index contributed by atoms with van der Waals surface area (Å²) in [5.41, 5.74) is 6.19. The molecule has 27 heavy (non-hydrogen) atoms. The van der Waals surface area contributed by atoms with E-state index in [9.17, 15) is 0 Å². The molecule has 2 aromatic heterocycles. The standard InChI is InChI=1S/C20H20N6O/c1-12-8-16(27-25-12)11-26-18-6-5-15(9-17(18)13(2)24-26)23-20-19-14(10-22-20)4-3-7-21-19/h3-7,9,16H,8,10-11H2,1-2H3,(H,22,23). The maximum absolute atomic E-state index is 5.47. The highest BCUT2D eigenvalue weighted by molar-refractivity contribution is 6.09. The van der Waals surface area contributed by atoms with Crippen molar-refractivity contribution < 1.29 is 4.84 Å². The monoisotopic (exact) mass is 360 g/mol. The number of fused-ring (bicyclic) bond motifs is 2. The van der Waals surface area contributed by atoms with Crippen LogP contribution in [0.4, 0.5) is 5.69 Å². The van der Waals surface area contributed by atoms with Crippen molar-refractivity contribution >= 4 is 28.1 Å². The summed E-state index contributed by atoms with van der Waals surface area (Å²) >= 11 is 0. The van der Waals surface area contributed by atoms with Crippen LogP contribution in [0.1, 0.15) is 30.3 Å². The van der Waals surface area contributed by atoms with E-state index in [0.29, 0.717) is 13.1 Å². The molecule has 136 valence electrons. The molecule has 0 saturated carbocycles. The van der Waals surface area contributed by atoms with Crippen molar-refractivity contribution in [1.29, 1.82) is 0 Å². The van der Waals surface area contributed by atoms with Gasteiger partial charge in [-0.05, 0) is 38.1 Å². The van der Waals surface area contributed by atoms with Crippen LogP contribution in [0.15, 0.2) is 46.7 Å². The molecule has 3 aromatic rings. The number of hydrogen-bond acceptors (Lipinski definition) is 6. The number of aromatic nitrogens is 3. The van der Waals surface area contributed by atoms with E-state index >= 15 is 0 Å². The van der Waals surface area contributed by atoms with Gasteiger partial charge in [0.25, 0.3) is 0 Å². The Morgan fingerprint density at radius 3 is 3.04 bits per heavy atom. The van der Waals surface area contributed by atoms with Gasteiger partial charge in [0.05, 0.1) is 30.0 Å². The summed E-state index contributed by atoms with van der Waals surface area (Å²) in [5.74, 6) is 0.821. The van der Waals surface area contributed by atoms with Gasteiger partial charge in [-0.3, -0.25) is 14.7 Å². The topological polar surface area (TPSA) is 76.7 Å². The van der Waals surface area contributed by atoms with Crippen molar-refractivity contribution in [2.24, 2.45) is 10.1 Å². The van der Waals surface area contributed by atoms with E-state index in [-0.39, 0.29) is 6.10 Å². The molecule has 2 aliphatic rings. The third-order valence-electron chi connectivity index (χ3n) is 4.98. The Hall–Kier alpha value is -3.22. The van der Waals surface area contributed by atoms with E-state index in [1.807, 2.05) is 24.6 Å². The third-order valence-corrected chi connectivity index (χ3v) is 4.98. The number of oxime groups is 1. The first kappa shape index (κ1) is 16.0. The Morgan fingerprint density at radius 1 is 1.26 bits per heavy atom. The first-order chi connectivity index (χ1) is 13.2. The molecule has 1 N–H and O–H groups in total. The lowest BCUT2D eigenvalue weighted by Crippen LogP contribution is -2.17. The summed E-state index contributed by atoms with van der Waals surface area (Å²) in [5, 5.41) is 13.3. The summed E-state index contributed by atoms with van der Waals surface area (Å²) in [7, 11) is 0. The molecule has 7 nitrogen and oxygen atoms in total. The van der Waals surface area contributed by atoms with Gasteiger partial charge < -0.3 is 10.2 Å². The van der Waals surface area contributed by atoms with Crippen LogP contribution >= 0.6 is 0 Å². The average Bonchev–Trinajstić information content (AvgIpc) is 3.35. The summed E-state index contributed by atoms with van der Waals surface area (Å²) in [6.45, 7) is 5.39. The molecule has 0 aliphatic carbocycles. The predicted molar refractivity (Wildman–Crippen MR) is 105 cm³/mol. The maximum atomic E-state index is 5.47. The Kier molecular flexibility index (Phi) is 3.67. The van der Waals surface area contributed by atoms with Crippen LogP contribution in [0.5, 0.6) is 0 Å². The molecule has 0 spiro atoms. The van der Waals surface area contributed by atoms with Crippen LogP contribution in [0.3, 0.4) is 0 Å². The van der Waals surface area contributed by atoms with Crippen molar-refractivity contribution in [3.05, 3.63) is 53.5 Å². The second kappa shape index (κ2) is 6.19. The van der Waals surface area contributed by atoms with E-state index in [1.165, 1.54) is 0 Å². The highest BCUT2D eigenvalue weighted by atomic mass is 16.6. The second-order valence-electron chi connectivity index (χ2n) is 7.06. The van der Waals surface area contributed by atoms with Crippen LogP contribution in [0.25, 0.3) is 10.9 Å². The molecule has 2 aliphatic heterocycles. The highest BCUT2D eigenvalue weighted by Gasteiger charge is 2.21. The molecule has 0 saturated heterocycles. The van der Waals surface area contributed by atoms with Gasteiger partial charge >= 0.3 is 0 Å². The molecule has 0 amide bonds. The molecule has 0 radical (unpaired) electrons. The van der Waals surface area contributed by atoms with Crippen molar-refractivity contribution in [1.82, 2.24) is 14.8 Å². The van der Waals surface area contributed by atoms with Crippen LogP contribution in [-0.4, -0.2) is 32.4 Å². The molecule has 1 atom stereocenters. The fourth-order valence-electron chi connectivity index (χ4n) is 3.67. The zero-order valence-corrected chi connectivity index (χ0v) is 15.3. The molecule has 1 unspecified atom stereocenters. The van der Waals surface area contributed by atoms with Crippen LogP contribution in [-0.2, 0) is 17.9 Å². The summed E-state index contributed by atoms with van der Waals surface area (Å²) in [6, 6.07) is 10.3. The number of benzene rings is 1. The fraction of sp³-hybridized carbons (Fsp3) is 0.300. The van der Waals surface area contributed by atoms with Crippen molar-refractivity contribution in [2.45, 2.75) is 39.5 Å². The van der Waals surface area contributed by atoms with E-state index < -0.39 is 0 Å². The van der Waals surface area contributed by atoms with Gasteiger partial charge in [-0.15, -0.1) is 0 Å².